The number of nitrogens with two attached hydrogens (primary N) is 1. The third-order valence-corrected chi connectivity index (χ3v) is 3.63. The predicted molar refractivity (Wildman–Crippen MR) is 93.5 cm³/mol. The van der Waals surface area contributed by atoms with Gasteiger partial charge in [0.05, 0.1) is 0 Å². The lowest BCUT2D eigenvalue weighted by Crippen LogP contribution is -2.48. The van der Waals surface area contributed by atoms with E-state index in [2.05, 4.69) is 34.4 Å². The van der Waals surface area contributed by atoms with Crippen molar-refractivity contribution in [3.8, 4) is 11.1 Å². The molecule has 0 bridgehead atoms. The molecule has 0 aromatic heterocycles. The molecule has 0 radical (unpaired) electrons. The highest BCUT2D eigenvalue weighted by Gasteiger charge is 2.06. The second kappa shape index (κ2) is 8.92. The summed E-state index contributed by atoms with van der Waals surface area (Å²) in [5.41, 5.74) is 14.5. The lowest BCUT2D eigenvalue weighted by molar-refractivity contribution is 0.235. The largest absolute Gasteiger partial charge is 0.333 e. The molecule has 2 rings (SSSR count). The van der Waals surface area contributed by atoms with Crippen LogP contribution in [0.4, 0.5) is 4.79 Å². The van der Waals surface area contributed by atoms with Crippen molar-refractivity contribution < 1.29 is 4.79 Å². The molecule has 122 valence electrons. The maximum absolute atomic E-state index is 11.8. The van der Waals surface area contributed by atoms with Crippen LogP contribution in [-0.4, -0.2) is 18.6 Å². The van der Waals surface area contributed by atoms with E-state index in [-0.39, 0.29) is 12.1 Å². The van der Waals surface area contributed by atoms with Crippen LogP contribution in [0.1, 0.15) is 18.9 Å². The number of hydrogen-bond acceptors (Lipinski definition) is 3. The van der Waals surface area contributed by atoms with Gasteiger partial charge in [-0.2, -0.15) is 0 Å². The Morgan fingerprint density at radius 1 is 1.09 bits per heavy atom. The maximum atomic E-state index is 11.8. The van der Waals surface area contributed by atoms with E-state index in [0.717, 1.165) is 23.1 Å². The molecule has 2 amide bonds. The van der Waals surface area contributed by atoms with Crippen molar-refractivity contribution in [1.29, 1.82) is 0 Å². The van der Waals surface area contributed by atoms with Crippen molar-refractivity contribution in [2.45, 2.75) is 25.9 Å². The van der Waals surface area contributed by atoms with Crippen LogP contribution in [0.15, 0.2) is 54.6 Å². The minimum absolute atomic E-state index is 0.0362. The maximum Gasteiger partial charge on any atom is 0.329 e. The Kier molecular flexibility index (Phi) is 6.59. The van der Waals surface area contributed by atoms with Gasteiger partial charge < -0.3 is 11.1 Å². The molecule has 0 saturated carbocycles. The second-order valence-corrected chi connectivity index (χ2v) is 5.38. The fourth-order valence-corrected chi connectivity index (χ4v) is 2.20. The first-order valence-electron chi connectivity index (χ1n) is 7.86. The van der Waals surface area contributed by atoms with Gasteiger partial charge in [-0.1, -0.05) is 61.5 Å². The van der Waals surface area contributed by atoms with Gasteiger partial charge in [0, 0.05) is 19.1 Å². The second-order valence-electron chi connectivity index (χ2n) is 5.38. The summed E-state index contributed by atoms with van der Waals surface area (Å²) in [7, 11) is 0. The van der Waals surface area contributed by atoms with E-state index >= 15 is 0 Å². The third kappa shape index (κ3) is 5.39. The SMILES string of the molecule is CC[C@H](N)CNNC(=O)NCc1ccccc1-c1ccccc1. The molecule has 5 heteroatoms. The Labute approximate surface area is 137 Å². The first-order valence-corrected chi connectivity index (χ1v) is 7.86. The smallest absolute Gasteiger partial charge is 0.329 e. The number of urea groups is 1. The molecular weight excluding hydrogens is 288 g/mol. The van der Waals surface area contributed by atoms with Crippen LogP contribution in [0.25, 0.3) is 11.1 Å². The van der Waals surface area contributed by atoms with Gasteiger partial charge in [0.25, 0.3) is 0 Å². The molecular formula is C18H24N4O. The summed E-state index contributed by atoms with van der Waals surface area (Å²) >= 11 is 0. The lowest BCUT2D eigenvalue weighted by Gasteiger charge is -2.13. The summed E-state index contributed by atoms with van der Waals surface area (Å²) < 4.78 is 0. The molecule has 5 nitrogen and oxygen atoms in total. The van der Waals surface area contributed by atoms with Crippen LogP contribution in [0.2, 0.25) is 0 Å². The van der Waals surface area contributed by atoms with Crippen LogP contribution in [0.3, 0.4) is 0 Å². The Morgan fingerprint density at radius 2 is 1.78 bits per heavy atom. The number of hydrazine groups is 1. The van der Waals surface area contributed by atoms with Crippen molar-refractivity contribution in [3.63, 3.8) is 0 Å². The fraction of sp³-hybridized carbons (Fsp3) is 0.278. The first-order chi connectivity index (χ1) is 11.2. The van der Waals surface area contributed by atoms with Crippen LogP contribution >= 0.6 is 0 Å². The monoisotopic (exact) mass is 312 g/mol. The third-order valence-electron chi connectivity index (χ3n) is 3.63. The van der Waals surface area contributed by atoms with E-state index < -0.39 is 0 Å². The summed E-state index contributed by atoms with van der Waals surface area (Å²) in [6.45, 7) is 3.01. The molecule has 0 fully saturated rings. The Balaban J connectivity index is 1.90. The molecule has 0 aliphatic rings. The highest BCUT2D eigenvalue weighted by atomic mass is 16.2. The molecule has 1 atom stereocenters. The van der Waals surface area contributed by atoms with E-state index in [1.165, 1.54) is 0 Å². The minimum Gasteiger partial charge on any atom is -0.333 e. The zero-order valence-corrected chi connectivity index (χ0v) is 13.4. The Bertz CT molecular complexity index is 615. The van der Waals surface area contributed by atoms with Crippen LogP contribution in [-0.2, 0) is 6.54 Å². The molecule has 0 aliphatic carbocycles. The Hall–Kier alpha value is -2.37. The highest BCUT2D eigenvalue weighted by Crippen LogP contribution is 2.23. The lowest BCUT2D eigenvalue weighted by atomic mass is 10.00. The Morgan fingerprint density at radius 3 is 2.52 bits per heavy atom. The molecule has 2 aromatic carbocycles. The van der Waals surface area contributed by atoms with Crippen molar-refractivity contribution in [2.24, 2.45) is 5.73 Å². The average molecular weight is 312 g/mol. The topological polar surface area (TPSA) is 79.2 Å². The molecule has 0 unspecified atom stereocenters. The number of amides is 2. The van der Waals surface area contributed by atoms with Crippen molar-refractivity contribution >= 4 is 6.03 Å². The van der Waals surface area contributed by atoms with Gasteiger partial charge in [0.2, 0.25) is 0 Å². The zero-order valence-electron chi connectivity index (χ0n) is 13.4. The van der Waals surface area contributed by atoms with Gasteiger partial charge in [-0.3, -0.25) is 5.43 Å². The van der Waals surface area contributed by atoms with Gasteiger partial charge >= 0.3 is 6.03 Å². The van der Waals surface area contributed by atoms with E-state index in [4.69, 9.17) is 5.73 Å². The zero-order chi connectivity index (χ0) is 16.5. The number of hydrogen-bond donors (Lipinski definition) is 4. The van der Waals surface area contributed by atoms with Crippen molar-refractivity contribution in [3.05, 3.63) is 60.2 Å². The van der Waals surface area contributed by atoms with Crippen LogP contribution in [0.5, 0.6) is 0 Å². The molecule has 0 aliphatic heterocycles. The van der Waals surface area contributed by atoms with Gasteiger partial charge in [-0.05, 0) is 23.1 Å². The fourth-order valence-electron chi connectivity index (χ4n) is 2.20. The van der Waals surface area contributed by atoms with Gasteiger partial charge in [0.1, 0.15) is 0 Å². The van der Waals surface area contributed by atoms with E-state index in [0.29, 0.717) is 13.1 Å². The predicted octanol–water partition coefficient (Wildman–Crippen LogP) is 2.39. The van der Waals surface area contributed by atoms with E-state index in [9.17, 15) is 4.79 Å². The van der Waals surface area contributed by atoms with Crippen LogP contribution in [0, 0.1) is 0 Å². The quantitative estimate of drug-likeness (QED) is 0.593. The van der Waals surface area contributed by atoms with Crippen LogP contribution < -0.4 is 21.9 Å². The molecule has 5 N–H and O–H groups in total. The standard InChI is InChI=1S/C18H24N4O/c1-2-16(19)13-21-22-18(23)20-12-15-10-6-7-11-17(15)14-8-4-3-5-9-14/h3-11,16,21H,2,12-13,19H2,1H3,(H2,20,22,23)/t16-/m0/s1. The summed E-state index contributed by atoms with van der Waals surface area (Å²) in [5, 5.41) is 2.85. The number of nitrogens with one attached hydrogen (secondary N) is 3. The van der Waals surface area contributed by atoms with E-state index in [1.54, 1.807) is 0 Å². The number of carbonyl (C=O) groups excluding carboxylic acids is 1. The average Bonchev–Trinajstić information content (AvgIpc) is 2.60. The number of rotatable bonds is 7. The molecule has 0 spiro atoms. The molecule has 2 aromatic rings. The number of benzene rings is 2. The summed E-state index contributed by atoms with van der Waals surface area (Å²) in [6, 6.07) is 17.9. The molecule has 0 saturated heterocycles. The minimum atomic E-state index is -0.267. The van der Waals surface area contributed by atoms with E-state index in [1.807, 2.05) is 43.3 Å². The number of carbonyl (C=O) groups is 1. The van der Waals surface area contributed by atoms with Crippen molar-refractivity contribution in [1.82, 2.24) is 16.2 Å². The molecule has 23 heavy (non-hydrogen) atoms. The van der Waals surface area contributed by atoms with Gasteiger partial charge in [-0.25, -0.2) is 10.2 Å². The van der Waals surface area contributed by atoms with Crippen molar-refractivity contribution in [2.75, 3.05) is 6.54 Å². The molecule has 0 heterocycles. The van der Waals surface area contributed by atoms with Gasteiger partial charge in [0.15, 0.2) is 0 Å². The normalized spacial score (nSPS) is 11.7. The first kappa shape index (κ1) is 17.0. The summed E-state index contributed by atoms with van der Waals surface area (Å²) in [4.78, 5) is 11.8. The summed E-state index contributed by atoms with van der Waals surface area (Å²) in [5.74, 6) is 0. The highest BCUT2D eigenvalue weighted by molar-refractivity contribution is 5.74. The summed E-state index contributed by atoms with van der Waals surface area (Å²) in [6.07, 6.45) is 0.862. The van der Waals surface area contributed by atoms with Gasteiger partial charge in [-0.15, -0.1) is 0 Å².